The Morgan fingerprint density at radius 1 is 1.25 bits per heavy atom. The number of hydrogen-bond donors (Lipinski definition) is 1. The van der Waals surface area contributed by atoms with Crippen LogP contribution in [-0.4, -0.2) is 14.2 Å². The van der Waals surface area contributed by atoms with Crippen molar-refractivity contribution in [3.63, 3.8) is 0 Å². The summed E-state index contributed by atoms with van der Waals surface area (Å²) in [4.78, 5) is 11.8. The average molecular weight is 218 g/mol. The van der Waals surface area contributed by atoms with Gasteiger partial charge >= 0.3 is 5.69 Å². The van der Waals surface area contributed by atoms with E-state index in [2.05, 4.69) is 0 Å². The molecule has 1 N–H and O–H groups in total. The monoisotopic (exact) mass is 218 g/mol. The van der Waals surface area contributed by atoms with Crippen LogP contribution in [0.4, 0.5) is 0 Å². The standard InChI is InChI=1S/C12H14N2O2/c1-2-13-6-7-14(12(13)16)9-10-4-3-5-11(15)8-10/h3-8,15H,2,9H2,1H3. The van der Waals surface area contributed by atoms with Crippen LogP contribution >= 0.6 is 0 Å². The van der Waals surface area contributed by atoms with E-state index in [0.29, 0.717) is 13.1 Å². The first-order chi connectivity index (χ1) is 7.70. The summed E-state index contributed by atoms with van der Waals surface area (Å²) in [5.41, 5.74) is 0.891. The van der Waals surface area contributed by atoms with Crippen molar-refractivity contribution in [2.75, 3.05) is 0 Å². The molecule has 0 atom stereocenters. The van der Waals surface area contributed by atoms with Crippen molar-refractivity contribution in [3.05, 3.63) is 52.7 Å². The molecule has 0 spiro atoms. The van der Waals surface area contributed by atoms with E-state index in [-0.39, 0.29) is 11.4 Å². The van der Waals surface area contributed by atoms with Crippen molar-refractivity contribution in [3.8, 4) is 5.75 Å². The van der Waals surface area contributed by atoms with Crippen LogP contribution in [-0.2, 0) is 13.1 Å². The van der Waals surface area contributed by atoms with E-state index in [9.17, 15) is 9.90 Å². The number of phenols is 1. The van der Waals surface area contributed by atoms with Gasteiger partial charge < -0.3 is 5.11 Å². The SMILES string of the molecule is CCn1ccn(Cc2cccc(O)c2)c1=O. The second kappa shape index (κ2) is 4.26. The Morgan fingerprint density at radius 2 is 2.00 bits per heavy atom. The van der Waals surface area contributed by atoms with Crippen LogP contribution < -0.4 is 5.69 Å². The van der Waals surface area contributed by atoms with Crippen LogP contribution in [0.1, 0.15) is 12.5 Å². The van der Waals surface area contributed by atoms with Crippen LogP contribution in [0.25, 0.3) is 0 Å². The number of aromatic nitrogens is 2. The first kappa shape index (κ1) is 10.5. The zero-order valence-corrected chi connectivity index (χ0v) is 9.13. The predicted octanol–water partition coefficient (Wildman–Crippen LogP) is 1.42. The molecule has 1 aromatic carbocycles. The summed E-state index contributed by atoms with van der Waals surface area (Å²) in [6.45, 7) is 3.09. The molecular weight excluding hydrogens is 204 g/mol. The number of hydrogen-bond acceptors (Lipinski definition) is 2. The van der Waals surface area contributed by atoms with Crippen LogP contribution in [0.15, 0.2) is 41.5 Å². The Balaban J connectivity index is 2.27. The third-order valence-corrected chi connectivity index (χ3v) is 2.52. The first-order valence-electron chi connectivity index (χ1n) is 5.24. The quantitative estimate of drug-likeness (QED) is 0.847. The van der Waals surface area contributed by atoms with Gasteiger partial charge in [0.15, 0.2) is 0 Å². The molecule has 0 amide bonds. The van der Waals surface area contributed by atoms with E-state index in [1.54, 1.807) is 39.7 Å². The van der Waals surface area contributed by atoms with Gasteiger partial charge in [0.2, 0.25) is 0 Å². The summed E-state index contributed by atoms with van der Waals surface area (Å²) in [6.07, 6.45) is 3.53. The van der Waals surface area contributed by atoms with Gasteiger partial charge in [0.05, 0.1) is 6.54 Å². The molecule has 0 aliphatic carbocycles. The van der Waals surface area contributed by atoms with E-state index in [0.717, 1.165) is 5.56 Å². The number of aromatic hydroxyl groups is 1. The lowest BCUT2D eigenvalue weighted by atomic mass is 10.2. The molecule has 16 heavy (non-hydrogen) atoms. The van der Waals surface area contributed by atoms with E-state index in [1.807, 2.05) is 13.0 Å². The fourth-order valence-electron chi connectivity index (χ4n) is 1.67. The molecule has 0 bridgehead atoms. The minimum Gasteiger partial charge on any atom is -0.508 e. The lowest BCUT2D eigenvalue weighted by Gasteiger charge is -2.02. The molecule has 0 aliphatic rings. The van der Waals surface area contributed by atoms with Crippen molar-refractivity contribution in [2.45, 2.75) is 20.0 Å². The molecule has 1 heterocycles. The maximum atomic E-state index is 11.8. The first-order valence-corrected chi connectivity index (χ1v) is 5.24. The summed E-state index contributed by atoms with van der Waals surface area (Å²) in [5.74, 6) is 0.223. The van der Waals surface area contributed by atoms with Crippen molar-refractivity contribution in [2.24, 2.45) is 0 Å². The smallest absolute Gasteiger partial charge is 0.328 e. The summed E-state index contributed by atoms with van der Waals surface area (Å²) >= 11 is 0. The molecule has 0 fully saturated rings. The Labute approximate surface area is 93.4 Å². The maximum absolute atomic E-state index is 11.8. The number of aryl methyl sites for hydroxylation is 1. The molecule has 0 saturated carbocycles. The van der Waals surface area contributed by atoms with E-state index >= 15 is 0 Å². The zero-order chi connectivity index (χ0) is 11.5. The zero-order valence-electron chi connectivity index (χ0n) is 9.13. The van der Waals surface area contributed by atoms with Crippen LogP contribution in [0.2, 0.25) is 0 Å². The molecule has 2 aromatic rings. The third kappa shape index (κ3) is 2.00. The highest BCUT2D eigenvalue weighted by atomic mass is 16.3. The van der Waals surface area contributed by atoms with Gasteiger partial charge in [0.25, 0.3) is 0 Å². The molecule has 4 nitrogen and oxygen atoms in total. The number of imidazole rings is 1. The second-order valence-corrected chi connectivity index (χ2v) is 3.66. The van der Waals surface area contributed by atoms with Gasteiger partial charge in [-0.2, -0.15) is 0 Å². The topological polar surface area (TPSA) is 47.2 Å². The van der Waals surface area contributed by atoms with E-state index in [1.165, 1.54) is 0 Å². The normalized spacial score (nSPS) is 10.6. The largest absolute Gasteiger partial charge is 0.508 e. The Morgan fingerprint density at radius 3 is 2.62 bits per heavy atom. The second-order valence-electron chi connectivity index (χ2n) is 3.66. The number of rotatable bonds is 3. The summed E-state index contributed by atoms with van der Waals surface area (Å²) in [6, 6.07) is 6.93. The Hall–Kier alpha value is -1.97. The highest BCUT2D eigenvalue weighted by molar-refractivity contribution is 5.27. The fraction of sp³-hybridized carbons (Fsp3) is 0.250. The molecule has 1 aromatic heterocycles. The Kier molecular flexibility index (Phi) is 2.81. The summed E-state index contributed by atoms with van der Waals surface area (Å²) in [7, 11) is 0. The minimum absolute atomic E-state index is 0.0224. The molecule has 0 unspecified atom stereocenters. The molecule has 84 valence electrons. The van der Waals surface area contributed by atoms with Crippen LogP contribution in [0.3, 0.4) is 0 Å². The fourth-order valence-corrected chi connectivity index (χ4v) is 1.67. The van der Waals surface area contributed by atoms with Crippen molar-refractivity contribution in [1.29, 1.82) is 0 Å². The van der Waals surface area contributed by atoms with Gasteiger partial charge in [-0.25, -0.2) is 4.79 Å². The van der Waals surface area contributed by atoms with Crippen molar-refractivity contribution >= 4 is 0 Å². The lowest BCUT2D eigenvalue weighted by molar-refractivity contribution is 0.474. The molecule has 4 heteroatoms. The third-order valence-electron chi connectivity index (χ3n) is 2.52. The van der Waals surface area contributed by atoms with Crippen LogP contribution in [0, 0.1) is 0 Å². The average Bonchev–Trinajstić information content (AvgIpc) is 2.60. The van der Waals surface area contributed by atoms with Crippen LogP contribution in [0.5, 0.6) is 5.75 Å². The molecule has 2 rings (SSSR count). The molecule has 0 radical (unpaired) electrons. The van der Waals surface area contributed by atoms with Gasteiger partial charge in [-0.3, -0.25) is 9.13 Å². The molecule has 0 saturated heterocycles. The van der Waals surface area contributed by atoms with Gasteiger partial charge in [-0.1, -0.05) is 12.1 Å². The number of nitrogens with zero attached hydrogens (tertiary/aromatic N) is 2. The number of benzene rings is 1. The van der Waals surface area contributed by atoms with Crippen molar-refractivity contribution < 1.29 is 5.11 Å². The maximum Gasteiger partial charge on any atom is 0.328 e. The molecule has 0 aliphatic heterocycles. The van der Waals surface area contributed by atoms with E-state index < -0.39 is 0 Å². The summed E-state index contributed by atoms with van der Waals surface area (Å²) in [5, 5.41) is 9.32. The van der Waals surface area contributed by atoms with Gasteiger partial charge in [0.1, 0.15) is 5.75 Å². The lowest BCUT2D eigenvalue weighted by Crippen LogP contribution is -2.23. The Bertz CT molecular complexity index is 540. The highest BCUT2D eigenvalue weighted by Gasteiger charge is 2.02. The van der Waals surface area contributed by atoms with Gasteiger partial charge in [0, 0.05) is 18.9 Å². The van der Waals surface area contributed by atoms with E-state index in [4.69, 9.17) is 0 Å². The highest BCUT2D eigenvalue weighted by Crippen LogP contribution is 2.11. The number of phenolic OH excluding ortho intramolecular Hbond substituents is 1. The molecular formula is C12H14N2O2. The van der Waals surface area contributed by atoms with Crippen molar-refractivity contribution in [1.82, 2.24) is 9.13 Å². The summed E-state index contributed by atoms with van der Waals surface area (Å²) < 4.78 is 3.26. The minimum atomic E-state index is -0.0224. The van der Waals surface area contributed by atoms with Gasteiger partial charge in [-0.05, 0) is 24.6 Å². The predicted molar refractivity (Wildman–Crippen MR) is 61.6 cm³/mol. The van der Waals surface area contributed by atoms with Gasteiger partial charge in [-0.15, -0.1) is 0 Å².